The van der Waals surface area contributed by atoms with E-state index in [1.807, 2.05) is 6.92 Å². The molecule has 1 aromatic carbocycles. The monoisotopic (exact) mass is 346 g/mol. The zero-order valence-corrected chi connectivity index (χ0v) is 14.1. The first kappa shape index (κ1) is 17.4. The van der Waals surface area contributed by atoms with E-state index in [0.29, 0.717) is 18.8 Å². The molecule has 2 N–H and O–H groups in total. The Morgan fingerprint density at radius 1 is 1.40 bits per heavy atom. The summed E-state index contributed by atoms with van der Waals surface area (Å²) in [7, 11) is 0. The van der Waals surface area contributed by atoms with Gasteiger partial charge in [-0.3, -0.25) is 4.79 Å². The van der Waals surface area contributed by atoms with Crippen molar-refractivity contribution in [3.8, 4) is 11.4 Å². The van der Waals surface area contributed by atoms with Crippen LogP contribution in [0, 0.1) is 0 Å². The minimum atomic E-state index is -0.364. The van der Waals surface area contributed by atoms with Crippen molar-refractivity contribution in [1.82, 2.24) is 20.3 Å². The van der Waals surface area contributed by atoms with Crippen LogP contribution >= 0.6 is 0 Å². The molecule has 8 heteroatoms. The molecule has 0 unspecified atom stereocenters. The summed E-state index contributed by atoms with van der Waals surface area (Å²) < 4.78 is 10.9. The van der Waals surface area contributed by atoms with Gasteiger partial charge in [0.15, 0.2) is 5.69 Å². The van der Waals surface area contributed by atoms with E-state index in [2.05, 4.69) is 15.5 Å². The molecular weight excluding hydrogens is 324 g/mol. The first-order valence-corrected chi connectivity index (χ1v) is 8.41. The lowest BCUT2D eigenvalue weighted by Gasteiger charge is -2.09. The summed E-state index contributed by atoms with van der Waals surface area (Å²) in [4.78, 5) is 13.7. The molecule has 25 heavy (non-hydrogen) atoms. The van der Waals surface area contributed by atoms with Crippen molar-refractivity contribution in [2.45, 2.75) is 32.5 Å². The molecule has 0 aliphatic carbocycles. The third-order valence-electron chi connectivity index (χ3n) is 3.94. The zero-order valence-electron chi connectivity index (χ0n) is 14.1. The summed E-state index contributed by atoms with van der Waals surface area (Å²) >= 11 is 0. The summed E-state index contributed by atoms with van der Waals surface area (Å²) in [6, 6.07) is 7.19. The standard InChI is InChI=1S/C17H22N4O4/c1-2-24-13-7-5-12(6-8-13)21-19-15(11-22)16(20-21)17(23)18-10-14-4-3-9-25-14/h5-8,14,22H,2-4,9-11H2,1H3,(H,18,23)/t14-/m1/s1. The average Bonchev–Trinajstić information content (AvgIpc) is 3.30. The number of amides is 1. The number of benzene rings is 1. The SMILES string of the molecule is CCOc1ccc(-n2nc(CO)c(C(=O)NC[C@H]3CCCO3)n2)cc1. The van der Waals surface area contributed by atoms with Crippen molar-refractivity contribution in [1.29, 1.82) is 0 Å². The van der Waals surface area contributed by atoms with Crippen molar-refractivity contribution in [2.24, 2.45) is 0 Å². The van der Waals surface area contributed by atoms with Gasteiger partial charge < -0.3 is 19.9 Å². The third kappa shape index (κ3) is 4.15. The highest BCUT2D eigenvalue weighted by Gasteiger charge is 2.21. The third-order valence-corrected chi connectivity index (χ3v) is 3.94. The van der Waals surface area contributed by atoms with E-state index in [1.165, 1.54) is 4.80 Å². The zero-order chi connectivity index (χ0) is 17.6. The lowest BCUT2D eigenvalue weighted by Crippen LogP contribution is -2.32. The molecule has 0 radical (unpaired) electrons. The van der Waals surface area contributed by atoms with Gasteiger partial charge in [-0.25, -0.2) is 0 Å². The number of hydrogen-bond acceptors (Lipinski definition) is 6. The Hall–Kier alpha value is -2.45. The van der Waals surface area contributed by atoms with E-state index in [4.69, 9.17) is 9.47 Å². The minimum absolute atomic E-state index is 0.0441. The molecule has 1 aliphatic rings. The van der Waals surface area contributed by atoms with Gasteiger partial charge in [0.05, 0.1) is 25.0 Å². The Morgan fingerprint density at radius 3 is 2.84 bits per heavy atom. The van der Waals surface area contributed by atoms with Gasteiger partial charge in [0, 0.05) is 13.2 Å². The molecule has 0 spiro atoms. The second kappa shape index (κ2) is 8.09. The molecule has 1 atom stereocenters. The highest BCUT2D eigenvalue weighted by molar-refractivity contribution is 5.93. The van der Waals surface area contributed by atoms with Crippen LogP contribution in [0.15, 0.2) is 24.3 Å². The Balaban J connectivity index is 1.72. The summed E-state index contributed by atoms with van der Waals surface area (Å²) in [5, 5.41) is 20.7. The number of hydrogen-bond donors (Lipinski definition) is 2. The Kier molecular flexibility index (Phi) is 5.62. The molecule has 1 fully saturated rings. The number of aliphatic hydroxyl groups is 1. The predicted octanol–water partition coefficient (Wildman–Crippen LogP) is 1.07. The van der Waals surface area contributed by atoms with Crippen LogP contribution in [-0.2, 0) is 11.3 Å². The van der Waals surface area contributed by atoms with Crippen molar-refractivity contribution in [3.63, 3.8) is 0 Å². The van der Waals surface area contributed by atoms with Crippen LogP contribution in [0.25, 0.3) is 5.69 Å². The maximum atomic E-state index is 12.4. The smallest absolute Gasteiger partial charge is 0.273 e. The van der Waals surface area contributed by atoms with E-state index < -0.39 is 0 Å². The van der Waals surface area contributed by atoms with Crippen LogP contribution in [0.5, 0.6) is 5.75 Å². The highest BCUT2D eigenvalue weighted by atomic mass is 16.5. The number of aromatic nitrogens is 3. The van der Waals surface area contributed by atoms with Crippen LogP contribution in [0.2, 0.25) is 0 Å². The van der Waals surface area contributed by atoms with E-state index in [1.54, 1.807) is 24.3 Å². The molecule has 0 bridgehead atoms. The number of ether oxygens (including phenoxy) is 2. The lowest BCUT2D eigenvalue weighted by molar-refractivity contribution is 0.0851. The Morgan fingerprint density at radius 2 is 2.20 bits per heavy atom. The molecule has 1 saturated heterocycles. The maximum Gasteiger partial charge on any atom is 0.273 e. The van der Waals surface area contributed by atoms with Crippen LogP contribution in [0.4, 0.5) is 0 Å². The molecular formula is C17H22N4O4. The summed E-state index contributed by atoms with van der Waals surface area (Å²) in [6.45, 7) is 3.30. The largest absolute Gasteiger partial charge is 0.494 e. The molecule has 1 aliphatic heterocycles. The van der Waals surface area contributed by atoms with E-state index >= 15 is 0 Å². The van der Waals surface area contributed by atoms with Crippen molar-refractivity contribution < 1.29 is 19.4 Å². The number of aliphatic hydroxyl groups excluding tert-OH is 1. The van der Waals surface area contributed by atoms with E-state index in [-0.39, 0.29) is 30.0 Å². The second-order valence-electron chi connectivity index (χ2n) is 5.71. The van der Waals surface area contributed by atoms with Crippen LogP contribution in [0.3, 0.4) is 0 Å². The number of nitrogens with one attached hydrogen (secondary N) is 1. The van der Waals surface area contributed by atoms with Crippen LogP contribution < -0.4 is 10.1 Å². The van der Waals surface area contributed by atoms with Gasteiger partial charge in [0.2, 0.25) is 0 Å². The fraction of sp³-hybridized carbons (Fsp3) is 0.471. The van der Waals surface area contributed by atoms with Gasteiger partial charge in [0.25, 0.3) is 5.91 Å². The number of carbonyl (C=O) groups excluding carboxylic acids is 1. The van der Waals surface area contributed by atoms with Crippen molar-refractivity contribution >= 4 is 5.91 Å². The van der Waals surface area contributed by atoms with E-state index in [0.717, 1.165) is 25.2 Å². The quantitative estimate of drug-likeness (QED) is 0.778. The molecule has 8 nitrogen and oxygen atoms in total. The van der Waals surface area contributed by atoms with Gasteiger partial charge in [-0.05, 0) is 44.0 Å². The van der Waals surface area contributed by atoms with E-state index in [9.17, 15) is 9.90 Å². The molecule has 1 aromatic heterocycles. The normalized spacial score (nSPS) is 16.8. The molecule has 0 saturated carbocycles. The topological polar surface area (TPSA) is 98.5 Å². The van der Waals surface area contributed by atoms with Crippen LogP contribution in [0.1, 0.15) is 35.9 Å². The molecule has 3 rings (SSSR count). The lowest BCUT2D eigenvalue weighted by atomic mass is 10.2. The molecule has 134 valence electrons. The van der Waals surface area contributed by atoms with Crippen molar-refractivity contribution in [3.05, 3.63) is 35.7 Å². The minimum Gasteiger partial charge on any atom is -0.494 e. The first-order chi connectivity index (χ1) is 12.2. The van der Waals surface area contributed by atoms with Gasteiger partial charge >= 0.3 is 0 Å². The number of carbonyl (C=O) groups is 1. The number of rotatable bonds is 7. The summed E-state index contributed by atoms with van der Waals surface area (Å²) in [5.41, 5.74) is 1.03. The fourth-order valence-corrected chi connectivity index (χ4v) is 2.67. The van der Waals surface area contributed by atoms with Gasteiger partial charge in [0.1, 0.15) is 11.4 Å². The summed E-state index contributed by atoms with van der Waals surface area (Å²) in [5.74, 6) is 0.382. The van der Waals surface area contributed by atoms with Crippen LogP contribution in [-0.4, -0.2) is 51.9 Å². The maximum absolute atomic E-state index is 12.4. The fourth-order valence-electron chi connectivity index (χ4n) is 2.67. The Labute approximate surface area is 145 Å². The second-order valence-corrected chi connectivity index (χ2v) is 5.71. The molecule has 2 heterocycles. The average molecular weight is 346 g/mol. The Bertz CT molecular complexity index is 708. The first-order valence-electron chi connectivity index (χ1n) is 8.41. The molecule has 1 amide bonds. The van der Waals surface area contributed by atoms with Gasteiger partial charge in [-0.1, -0.05) is 0 Å². The van der Waals surface area contributed by atoms with Crippen molar-refractivity contribution in [2.75, 3.05) is 19.8 Å². The highest BCUT2D eigenvalue weighted by Crippen LogP contribution is 2.16. The number of nitrogens with zero attached hydrogens (tertiary/aromatic N) is 3. The predicted molar refractivity (Wildman–Crippen MR) is 89.8 cm³/mol. The summed E-state index contributed by atoms with van der Waals surface area (Å²) in [6.07, 6.45) is 1.99. The van der Waals surface area contributed by atoms with Gasteiger partial charge in [-0.2, -0.15) is 4.80 Å². The van der Waals surface area contributed by atoms with Gasteiger partial charge in [-0.15, -0.1) is 10.2 Å². The molecule has 2 aromatic rings.